The number of carbonyl (C=O) groups excluding carboxylic acids is 2. The van der Waals surface area contributed by atoms with Gasteiger partial charge in [-0.25, -0.2) is 0 Å². The van der Waals surface area contributed by atoms with Gasteiger partial charge in [-0.1, -0.05) is 30.3 Å². The number of benzene rings is 2. The molecule has 0 unspecified atom stereocenters. The van der Waals surface area contributed by atoms with Gasteiger partial charge in [0.25, 0.3) is 0 Å². The van der Waals surface area contributed by atoms with Gasteiger partial charge < -0.3 is 4.74 Å². The molecule has 0 aliphatic heterocycles. The summed E-state index contributed by atoms with van der Waals surface area (Å²) in [5, 5.41) is 0. The lowest BCUT2D eigenvalue weighted by atomic mass is 10.1. The molecule has 2 aromatic carbocycles. The van der Waals surface area contributed by atoms with Gasteiger partial charge in [0, 0.05) is 11.4 Å². The van der Waals surface area contributed by atoms with E-state index in [2.05, 4.69) is 4.74 Å². The first-order valence-corrected chi connectivity index (χ1v) is 7.29. The Balaban J connectivity index is 2.29. The van der Waals surface area contributed by atoms with Crippen LogP contribution < -0.4 is 4.90 Å². The molecule has 2 rings (SSSR count). The highest BCUT2D eigenvalue weighted by molar-refractivity contribution is 6.30. The number of anilines is 2. The van der Waals surface area contributed by atoms with Crippen LogP contribution in [0.1, 0.15) is 5.56 Å². The summed E-state index contributed by atoms with van der Waals surface area (Å²) in [5.41, 5.74) is 2.27. The van der Waals surface area contributed by atoms with Crippen molar-refractivity contribution in [2.75, 3.05) is 17.9 Å². The van der Waals surface area contributed by atoms with E-state index in [9.17, 15) is 9.59 Å². The van der Waals surface area contributed by atoms with Crippen LogP contribution in [0.4, 0.5) is 11.4 Å². The fraction of sp³-hybridized carbons (Fsp3) is 0.176. The van der Waals surface area contributed by atoms with Crippen molar-refractivity contribution in [2.24, 2.45) is 0 Å². The molecule has 0 radical (unpaired) electrons. The van der Waals surface area contributed by atoms with E-state index in [1.165, 1.54) is 7.11 Å². The molecule has 0 spiro atoms. The number of nitrogens with zero attached hydrogens (tertiary/aromatic N) is 1. The van der Waals surface area contributed by atoms with Gasteiger partial charge in [-0.3, -0.25) is 14.5 Å². The molecule has 0 aromatic heterocycles. The zero-order valence-corrected chi connectivity index (χ0v) is 12.9. The number of rotatable bonds is 5. The number of esters is 1. The molecule has 0 N–H and O–H groups in total. The Morgan fingerprint density at radius 2 is 1.59 bits per heavy atom. The van der Waals surface area contributed by atoms with E-state index in [1.54, 1.807) is 29.2 Å². The molecule has 1 amide bonds. The standard InChI is InChI=1S/C17H16ClNO3/c1-22-17(21)11-13-7-9-15(10-8-13)19(16(20)12-18)14-5-3-2-4-6-14/h2-10H,11-12H2,1H3. The summed E-state index contributed by atoms with van der Waals surface area (Å²) in [5.74, 6) is -0.628. The van der Waals surface area contributed by atoms with Crippen LogP contribution in [0.15, 0.2) is 54.6 Å². The van der Waals surface area contributed by atoms with Crippen LogP contribution in [-0.2, 0) is 20.7 Å². The Labute approximate surface area is 134 Å². The third-order valence-electron chi connectivity index (χ3n) is 3.15. The van der Waals surface area contributed by atoms with Crippen molar-refractivity contribution in [3.05, 3.63) is 60.2 Å². The maximum atomic E-state index is 12.1. The summed E-state index contributed by atoms with van der Waals surface area (Å²) in [6.45, 7) is 0. The average Bonchev–Trinajstić information content (AvgIpc) is 2.57. The molecule has 2 aromatic rings. The van der Waals surface area contributed by atoms with Crippen molar-refractivity contribution in [1.29, 1.82) is 0 Å². The van der Waals surface area contributed by atoms with Crippen LogP contribution >= 0.6 is 11.6 Å². The molecular weight excluding hydrogens is 302 g/mol. The van der Waals surface area contributed by atoms with Crippen molar-refractivity contribution in [3.63, 3.8) is 0 Å². The molecule has 4 nitrogen and oxygen atoms in total. The topological polar surface area (TPSA) is 46.6 Å². The first-order valence-electron chi connectivity index (χ1n) is 6.75. The fourth-order valence-electron chi connectivity index (χ4n) is 2.08. The predicted octanol–water partition coefficient (Wildman–Crippen LogP) is 3.31. The third kappa shape index (κ3) is 3.86. The second-order valence-corrected chi connectivity index (χ2v) is 4.88. The first-order chi connectivity index (χ1) is 10.7. The van der Waals surface area contributed by atoms with E-state index < -0.39 is 0 Å². The molecule has 5 heteroatoms. The number of halogens is 1. The normalized spacial score (nSPS) is 10.1. The minimum atomic E-state index is -0.301. The second kappa shape index (κ2) is 7.61. The molecule has 0 saturated carbocycles. The van der Waals surface area contributed by atoms with Crippen molar-refractivity contribution < 1.29 is 14.3 Å². The van der Waals surface area contributed by atoms with E-state index in [0.717, 1.165) is 11.3 Å². The van der Waals surface area contributed by atoms with Crippen molar-refractivity contribution in [3.8, 4) is 0 Å². The van der Waals surface area contributed by atoms with Gasteiger partial charge in [0.15, 0.2) is 0 Å². The molecule has 114 valence electrons. The van der Waals surface area contributed by atoms with Gasteiger partial charge >= 0.3 is 5.97 Å². The fourth-order valence-corrected chi connectivity index (χ4v) is 2.20. The monoisotopic (exact) mass is 317 g/mol. The van der Waals surface area contributed by atoms with Gasteiger partial charge in [-0.05, 0) is 29.8 Å². The lowest BCUT2D eigenvalue weighted by Gasteiger charge is -2.22. The summed E-state index contributed by atoms with van der Waals surface area (Å²) >= 11 is 5.71. The predicted molar refractivity (Wildman–Crippen MR) is 86.5 cm³/mol. The van der Waals surface area contributed by atoms with Crippen LogP contribution in [0.3, 0.4) is 0 Å². The number of hydrogen-bond donors (Lipinski definition) is 0. The zero-order valence-electron chi connectivity index (χ0n) is 12.2. The number of methoxy groups -OCH3 is 1. The minimum absolute atomic E-state index is 0.112. The smallest absolute Gasteiger partial charge is 0.309 e. The number of hydrogen-bond acceptors (Lipinski definition) is 3. The van der Waals surface area contributed by atoms with Gasteiger partial charge in [-0.15, -0.1) is 11.6 Å². The minimum Gasteiger partial charge on any atom is -0.469 e. The largest absolute Gasteiger partial charge is 0.469 e. The summed E-state index contributed by atoms with van der Waals surface area (Å²) in [6.07, 6.45) is 0.200. The molecule has 0 fully saturated rings. The van der Waals surface area contributed by atoms with E-state index in [1.807, 2.05) is 30.3 Å². The van der Waals surface area contributed by atoms with Gasteiger partial charge in [0.05, 0.1) is 13.5 Å². The molecule has 0 aliphatic carbocycles. The quantitative estimate of drug-likeness (QED) is 0.628. The lowest BCUT2D eigenvalue weighted by molar-refractivity contribution is -0.139. The molecule has 0 saturated heterocycles. The van der Waals surface area contributed by atoms with Gasteiger partial charge in [0.2, 0.25) is 5.91 Å². The molecular formula is C17H16ClNO3. The lowest BCUT2D eigenvalue weighted by Crippen LogP contribution is -2.26. The highest BCUT2D eigenvalue weighted by atomic mass is 35.5. The molecule has 0 heterocycles. The molecule has 0 aliphatic rings. The first kappa shape index (κ1) is 16.0. The molecule has 0 atom stereocenters. The maximum absolute atomic E-state index is 12.1. The highest BCUT2D eigenvalue weighted by Crippen LogP contribution is 2.26. The van der Waals surface area contributed by atoms with E-state index in [-0.39, 0.29) is 24.2 Å². The molecule has 22 heavy (non-hydrogen) atoms. The number of amides is 1. The summed E-state index contributed by atoms with van der Waals surface area (Å²) in [7, 11) is 1.35. The van der Waals surface area contributed by atoms with E-state index in [0.29, 0.717) is 5.69 Å². The number of para-hydroxylation sites is 1. The average molecular weight is 318 g/mol. The van der Waals surface area contributed by atoms with Crippen molar-refractivity contribution >= 4 is 34.9 Å². The number of ether oxygens (including phenoxy) is 1. The summed E-state index contributed by atoms with van der Waals surface area (Å²) in [4.78, 5) is 25.0. The van der Waals surface area contributed by atoms with Gasteiger partial charge in [-0.2, -0.15) is 0 Å². The Morgan fingerprint density at radius 3 is 2.14 bits per heavy atom. The van der Waals surface area contributed by atoms with Crippen LogP contribution in [0.5, 0.6) is 0 Å². The third-order valence-corrected chi connectivity index (χ3v) is 3.38. The Kier molecular flexibility index (Phi) is 5.55. The Morgan fingerprint density at radius 1 is 1.00 bits per heavy atom. The number of carbonyl (C=O) groups is 2. The van der Waals surface area contributed by atoms with Gasteiger partial charge in [0.1, 0.15) is 5.88 Å². The maximum Gasteiger partial charge on any atom is 0.309 e. The Bertz CT molecular complexity index is 641. The Hall–Kier alpha value is -2.33. The van der Waals surface area contributed by atoms with Crippen LogP contribution in [0.2, 0.25) is 0 Å². The van der Waals surface area contributed by atoms with E-state index in [4.69, 9.17) is 11.6 Å². The molecule has 0 bridgehead atoms. The van der Waals surface area contributed by atoms with E-state index >= 15 is 0 Å². The van der Waals surface area contributed by atoms with Crippen LogP contribution in [-0.4, -0.2) is 24.9 Å². The second-order valence-electron chi connectivity index (χ2n) is 4.62. The number of alkyl halides is 1. The van der Waals surface area contributed by atoms with Crippen LogP contribution in [0, 0.1) is 0 Å². The van der Waals surface area contributed by atoms with Crippen molar-refractivity contribution in [2.45, 2.75) is 6.42 Å². The van der Waals surface area contributed by atoms with Crippen LogP contribution in [0.25, 0.3) is 0 Å². The summed E-state index contributed by atoms with van der Waals surface area (Å²) in [6, 6.07) is 16.4. The zero-order chi connectivity index (χ0) is 15.9. The SMILES string of the molecule is COC(=O)Cc1ccc(N(C(=O)CCl)c2ccccc2)cc1. The van der Waals surface area contributed by atoms with Crippen molar-refractivity contribution in [1.82, 2.24) is 0 Å². The summed E-state index contributed by atoms with van der Waals surface area (Å²) < 4.78 is 4.64. The highest BCUT2D eigenvalue weighted by Gasteiger charge is 2.16.